The summed E-state index contributed by atoms with van der Waals surface area (Å²) in [6.45, 7) is 9.35. The molecule has 0 aromatic heterocycles. The molecule has 0 atom stereocenters. The van der Waals surface area contributed by atoms with E-state index in [0.717, 1.165) is 38.1 Å². The predicted molar refractivity (Wildman–Crippen MR) is 78.5 cm³/mol. The first kappa shape index (κ1) is 17.0. The van der Waals surface area contributed by atoms with Gasteiger partial charge in [0.1, 0.15) is 0 Å². The van der Waals surface area contributed by atoms with Crippen LogP contribution in [0.25, 0.3) is 0 Å². The Morgan fingerprint density at radius 2 is 1.00 bits per heavy atom. The van der Waals surface area contributed by atoms with Gasteiger partial charge >= 0.3 is 115 Å². The van der Waals surface area contributed by atoms with E-state index in [-0.39, 0.29) is 0 Å². The molecule has 0 amide bonds. The second-order valence-electron chi connectivity index (χ2n) is 5.42. The van der Waals surface area contributed by atoms with E-state index in [2.05, 4.69) is 27.7 Å². The third-order valence-electron chi connectivity index (χ3n) is 2.60. The number of rotatable bonds is 11. The van der Waals surface area contributed by atoms with Crippen LogP contribution in [0.2, 0.25) is 10.6 Å². The van der Waals surface area contributed by atoms with Gasteiger partial charge in [0.2, 0.25) is 0 Å². The SMILES string of the molecule is CC(C)CCCC[Se][Se]CCCCC(C)C. The Labute approximate surface area is 115 Å². The average molecular weight is 356 g/mol. The summed E-state index contributed by atoms with van der Waals surface area (Å²) in [6.07, 6.45) is 8.85. The van der Waals surface area contributed by atoms with Crippen molar-refractivity contribution in [1.82, 2.24) is 0 Å². The minimum absolute atomic E-state index is 0.911. The molecular weight excluding hydrogens is 326 g/mol. The zero-order valence-electron chi connectivity index (χ0n) is 11.6. The summed E-state index contributed by atoms with van der Waals surface area (Å²) < 4.78 is 0. The van der Waals surface area contributed by atoms with Crippen molar-refractivity contribution >= 4 is 26.3 Å². The van der Waals surface area contributed by atoms with Crippen molar-refractivity contribution in [1.29, 1.82) is 0 Å². The molecule has 16 heavy (non-hydrogen) atoms. The Hall–Kier alpha value is 1.04. The molecule has 0 nitrogen and oxygen atoms in total. The molecule has 0 bridgehead atoms. The molecule has 98 valence electrons. The topological polar surface area (TPSA) is 0 Å². The molecular formula is C14H30Se2. The molecule has 0 N–H and O–H groups in total. The molecule has 0 aromatic carbocycles. The van der Waals surface area contributed by atoms with E-state index in [4.69, 9.17) is 0 Å². The van der Waals surface area contributed by atoms with Crippen LogP contribution < -0.4 is 0 Å². The predicted octanol–water partition coefficient (Wildman–Crippen LogP) is 4.80. The standard InChI is InChI=1S/C14H30Se2/c1-13(2)9-5-7-11-15-16-12-8-6-10-14(3)4/h13-14H,5-12H2,1-4H3. The van der Waals surface area contributed by atoms with Crippen molar-refractivity contribution in [2.75, 3.05) is 0 Å². The number of hydrogen-bond donors (Lipinski definition) is 0. The minimum atomic E-state index is 0.911. The zero-order valence-corrected chi connectivity index (χ0v) is 15.1. The van der Waals surface area contributed by atoms with E-state index in [1.165, 1.54) is 38.5 Å². The Morgan fingerprint density at radius 1 is 0.625 bits per heavy atom. The molecule has 0 aliphatic rings. The van der Waals surface area contributed by atoms with Gasteiger partial charge in [0, 0.05) is 0 Å². The van der Waals surface area contributed by atoms with E-state index in [9.17, 15) is 0 Å². The van der Waals surface area contributed by atoms with E-state index in [0.29, 0.717) is 0 Å². The Balaban J connectivity index is 2.93. The van der Waals surface area contributed by atoms with Crippen LogP contribution in [0.4, 0.5) is 0 Å². The van der Waals surface area contributed by atoms with E-state index in [1.807, 2.05) is 0 Å². The molecule has 0 rings (SSSR count). The quantitative estimate of drug-likeness (QED) is 0.369. The number of unbranched alkanes of at least 4 members (excludes halogenated alkanes) is 2. The van der Waals surface area contributed by atoms with Crippen LogP contribution in [0.15, 0.2) is 0 Å². The molecule has 0 saturated heterocycles. The molecule has 0 heterocycles. The van der Waals surface area contributed by atoms with Gasteiger partial charge < -0.3 is 0 Å². The van der Waals surface area contributed by atoms with Crippen LogP contribution in [0.5, 0.6) is 0 Å². The first-order valence-corrected chi connectivity index (χ1v) is 13.6. The van der Waals surface area contributed by atoms with Crippen LogP contribution in [-0.2, 0) is 0 Å². The second-order valence-corrected chi connectivity index (χ2v) is 13.3. The fraction of sp³-hybridized carbons (Fsp3) is 1.00. The summed E-state index contributed by atoms with van der Waals surface area (Å²) in [7, 11) is 0. The molecule has 2 heteroatoms. The molecule has 0 saturated carbocycles. The van der Waals surface area contributed by atoms with Crippen molar-refractivity contribution < 1.29 is 0 Å². The van der Waals surface area contributed by atoms with Crippen LogP contribution in [0.3, 0.4) is 0 Å². The van der Waals surface area contributed by atoms with Crippen molar-refractivity contribution in [2.24, 2.45) is 11.8 Å². The molecule has 0 aliphatic heterocycles. The van der Waals surface area contributed by atoms with E-state index < -0.39 is 0 Å². The van der Waals surface area contributed by atoms with Gasteiger partial charge in [-0.3, -0.25) is 0 Å². The van der Waals surface area contributed by atoms with Gasteiger partial charge in [0.25, 0.3) is 0 Å². The summed E-state index contributed by atoms with van der Waals surface area (Å²) in [5, 5.41) is 3.12. The molecule has 0 aromatic rings. The van der Waals surface area contributed by atoms with Gasteiger partial charge in [0.15, 0.2) is 0 Å². The maximum atomic E-state index is 2.34. The normalized spacial score (nSPS) is 11.6. The van der Waals surface area contributed by atoms with Crippen molar-refractivity contribution in [2.45, 2.75) is 76.9 Å². The van der Waals surface area contributed by atoms with Gasteiger partial charge in [-0.05, 0) is 0 Å². The Morgan fingerprint density at radius 3 is 1.31 bits per heavy atom. The Bertz CT molecular complexity index is 117. The molecule has 0 fully saturated rings. The average Bonchev–Trinajstić information content (AvgIpc) is 2.20. The molecule has 0 unspecified atom stereocenters. The third-order valence-corrected chi connectivity index (χ3v) is 10.3. The second kappa shape index (κ2) is 12.5. The Kier molecular flexibility index (Phi) is 13.3. The van der Waals surface area contributed by atoms with Gasteiger partial charge in [0.05, 0.1) is 0 Å². The monoisotopic (exact) mass is 358 g/mol. The van der Waals surface area contributed by atoms with Gasteiger partial charge in [-0.15, -0.1) is 0 Å². The maximum absolute atomic E-state index is 2.34. The third kappa shape index (κ3) is 15.0. The molecule has 0 aliphatic carbocycles. The van der Waals surface area contributed by atoms with Crippen molar-refractivity contribution in [3.05, 3.63) is 0 Å². The van der Waals surface area contributed by atoms with Crippen molar-refractivity contribution in [3.8, 4) is 0 Å². The van der Waals surface area contributed by atoms with Gasteiger partial charge in [-0.1, -0.05) is 0 Å². The fourth-order valence-corrected chi connectivity index (χ4v) is 8.53. The van der Waals surface area contributed by atoms with Crippen molar-refractivity contribution in [3.63, 3.8) is 0 Å². The first-order valence-electron chi connectivity index (χ1n) is 6.87. The molecule has 0 radical (unpaired) electrons. The molecule has 0 spiro atoms. The van der Waals surface area contributed by atoms with E-state index >= 15 is 0 Å². The van der Waals surface area contributed by atoms with Gasteiger partial charge in [-0.25, -0.2) is 0 Å². The summed E-state index contributed by atoms with van der Waals surface area (Å²) in [4.78, 5) is 0. The summed E-state index contributed by atoms with van der Waals surface area (Å²) in [5.41, 5.74) is 0. The van der Waals surface area contributed by atoms with E-state index in [1.54, 1.807) is 10.6 Å². The summed E-state index contributed by atoms with van der Waals surface area (Å²) >= 11 is 2.03. The summed E-state index contributed by atoms with van der Waals surface area (Å²) in [5.74, 6) is 1.82. The van der Waals surface area contributed by atoms with Crippen LogP contribution in [0.1, 0.15) is 66.2 Å². The summed E-state index contributed by atoms with van der Waals surface area (Å²) in [6, 6.07) is 0. The first-order chi connectivity index (χ1) is 7.63. The fourth-order valence-electron chi connectivity index (χ4n) is 1.54. The van der Waals surface area contributed by atoms with Crippen LogP contribution in [0, 0.1) is 11.8 Å². The zero-order chi connectivity index (χ0) is 12.2. The van der Waals surface area contributed by atoms with Crippen LogP contribution in [-0.4, -0.2) is 26.3 Å². The van der Waals surface area contributed by atoms with Crippen LogP contribution >= 0.6 is 0 Å². The van der Waals surface area contributed by atoms with Gasteiger partial charge in [-0.2, -0.15) is 0 Å². The number of hydrogen-bond acceptors (Lipinski definition) is 0.